The van der Waals surface area contributed by atoms with E-state index >= 15 is 0 Å². The van der Waals surface area contributed by atoms with E-state index in [-0.39, 0.29) is 24.3 Å². The first-order valence-electron chi connectivity index (χ1n) is 14.5. The highest BCUT2D eigenvalue weighted by Crippen LogP contribution is 2.21. The van der Waals surface area contributed by atoms with Crippen molar-refractivity contribution < 1.29 is 14.4 Å². The molecule has 2 rings (SSSR count). The van der Waals surface area contributed by atoms with Crippen molar-refractivity contribution in [3.8, 4) is 0 Å². The van der Waals surface area contributed by atoms with Crippen LogP contribution in [0.5, 0.6) is 0 Å². The Balaban J connectivity index is 0.000000990. The van der Waals surface area contributed by atoms with Gasteiger partial charge in [-0.3, -0.25) is 14.4 Å². The van der Waals surface area contributed by atoms with Crippen LogP contribution in [0.3, 0.4) is 0 Å². The van der Waals surface area contributed by atoms with Crippen LogP contribution >= 0.6 is 0 Å². The van der Waals surface area contributed by atoms with Crippen LogP contribution in [0.25, 0.3) is 0 Å². The highest BCUT2D eigenvalue weighted by atomic mass is 16.2. The summed E-state index contributed by atoms with van der Waals surface area (Å²) in [4.78, 5) is 40.8. The number of likely N-dealkylation sites (tertiary alicyclic amines) is 1. The number of piperidine rings is 1. The molecule has 1 aromatic rings. The average molecular weight is 545 g/mol. The summed E-state index contributed by atoms with van der Waals surface area (Å²) in [6.07, 6.45) is 6.33. The zero-order valence-electron chi connectivity index (χ0n) is 26.4. The van der Waals surface area contributed by atoms with Gasteiger partial charge in [-0.2, -0.15) is 0 Å². The number of amides is 3. The van der Waals surface area contributed by atoms with Gasteiger partial charge < -0.3 is 20.4 Å². The molecule has 1 unspecified atom stereocenters. The van der Waals surface area contributed by atoms with E-state index < -0.39 is 11.5 Å². The molecule has 222 valence electrons. The zero-order chi connectivity index (χ0) is 30.0. The largest absolute Gasteiger partial charge is 0.343 e. The fraction of sp³-hybridized carbons (Fsp3) is 0.656. The number of benzene rings is 1. The Hall–Kier alpha value is -2.67. The molecular formula is C32H56N4O3. The summed E-state index contributed by atoms with van der Waals surface area (Å²) < 4.78 is 0. The van der Waals surface area contributed by atoms with E-state index in [2.05, 4.69) is 62.6 Å². The first-order valence-corrected chi connectivity index (χ1v) is 14.5. The molecule has 1 fully saturated rings. The molecule has 7 heteroatoms. The minimum Gasteiger partial charge on any atom is -0.343 e. The number of nitrogens with zero attached hydrogens (tertiary/aromatic N) is 2. The average Bonchev–Trinajstić information content (AvgIpc) is 2.90. The molecule has 1 aliphatic heterocycles. The SMILES string of the molecule is CC(C)c1ccccc1.CCC.CNCC(=O)NC(C(=O)N(C)C/C=C(\C)C(=O)N1CCCCC1)C(C)(C)C. The van der Waals surface area contributed by atoms with Crippen molar-refractivity contribution in [1.29, 1.82) is 0 Å². The maximum Gasteiger partial charge on any atom is 0.249 e. The van der Waals surface area contributed by atoms with Gasteiger partial charge in [0, 0.05) is 32.3 Å². The van der Waals surface area contributed by atoms with E-state index in [4.69, 9.17) is 0 Å². The van der Waals surface area contributed by atoms with Crippen LogP contribution in [0.2, 0.25) is 0 Å². The highest BCUT2D eigenvalue weighted by molar-refractivity contribution is 5.93. The second-order valence-corrected chi connectivity index (χ2v) is 11.6. The minimum absolute atomic E-state index is 0.0465. The third-order valence-corrected chi connectivity index (χ3v) is 6.25. The number of carbonyl (C=O) groups is 3. The van der Waals surface area contributed by atoms with Gasteiger partial charge in [0.2, 0.25) is 17.7 Å². The summed E-state index contributed by atoms with van der Waals surface area (Å²) in [5.41, 5.74) is 1.65. The lowest BCUT2D eigenvalue weighted by atomic mass is 9.85. The third kappa shape index (κ3) is 14.9. The number of likely N-dealkylation sites (N-methyl/N-ethyl adjacent to an activating group) is 2. The van der Waals surface area contributed by atoms with E-state index in [1.807, 2.05) is 31.7 Å². The topological polar surface area (TPSA) is 81.8 Å². The van der Waals surface area contributed by atoms with Crippen molar-refractivity contribution in [2.45, 2.75) is 93.0 Å². The first kappa shape index (κ1) is 36.3. The molecule has 3 amide bonds. The molecule has 0 spiro atoms. The standard InChI is InChI=1S/C20H36N4O3.C9H12.C3H8/c1-15(18(26)24-11-8-7-9-12-24)10-13-23(6)19(27)17(20(2,3)4)22-16(25)14-21-5;1-8(2)9-6-4-3-5-7-9;1-3-2/h10,17,21H,7-9,11-14H2,1-6H3,(H,22,25);3-8H,1-2H3;3H2,1-2H3/b15-10+;;. The van der Waals surface area contributed by atoms with Gasteiger partial charge in [0.25, 0.3) is 0 Å². The van der Waals surface area contributed by atoms with Crippen molar-refractivity contribution >= 4 is 17.7 Å². The van der Waals surface area contributed by atoms with Gasteiger partial charge in [-0.25, -0.2) is 0 Å². The van der Waals surface area contributed by atoms with Crippen molar-refractivity contribution in [2.75, 3.05) is 40.3 Å². The van der Waals surface area contributed by atoms with Crippen molar-refractivity contribution in [2.24, 2.45) is 5.41 Å². The van der Waals surface area contributed by atoms with Crippen LogP contribution < -0.4 is 10.6 Å². The molecule has 0 aromatic heterocycles. The number of rotatable bonds is 8. The van der Waals surface area contributed by atoms with E-state index in [1.54, 1.807) is 32.0 Å². The molecule has 0 aliphatic carbocycles. The number of nitrogens with one attached hydrogen (secondary N) is 2. The van der Waals surface area contributed by atoms with E-state index in [1.165, 1.54) is 18.4 Å². The molecule has 1 atom stereocenters. The van der Waals surface area contributed by atoms with Gasteiger partial charge in [0.1, 0.15) is 6.04 Å². The molecule has 1 saturated heterocycles. The Kier molecular flexibility index (Phi) is 18.1. The lowest BCUT2D eigenvalue weighted by Gasteiger charge is -2.33. The summed E-state index contributed by atoms with van der Waals surface area (Å²) in [7, 11) is 3.38. The van der Waals surface area contributed by atoms with Gasteiger partial charge in [-0.1, -0.05) is 91.3 Å². The predicted octanol–water partition coefficient (Wildman–Crippen LogP) is 5.38. The zero-order valence-corrected chi connectivity index (χ0v) is 26.4. The van der Waals surface area contributed by atoms with Crippen LogP contribution in [0.4, 0.5) is 0 Å². The Morgan fingerprint density at radius 1 is 1.03 bits per heavy atom. The monoisotopic (exact) mass is 544 g/mol. The molecule has 0 saturated carbocycles. The van der Waals surface area contributed by atoms with Crippen LogP contribution in [-0.2, 0) is 14.4 Å². The molecular weight excluding hydrogens is 488 g/mol. The summed E-state index contributed by atoms with van der Waals surface area (Å²) in [6.45, 7) is 18.3. The molecule has 0 radical (unpaired) electrons. The molecule has 1 aliphatic rings. The lowest BCUT2D eigenvalue weighted by molar-refractivity contribution is -0.137. The Labute approximate surface area is 238 Å². The lowest BCUT2D eigenvalue weighted by Crippen LogP contribution is -2.55. The van der Waals surface area contributed by atoms with Gasteiger partial charge in [0.15, 0.2) is 0 Å². The summed E-state index contributed by atoms with van der Waals surface area (Å²) >= 11 is 0. The highest BCUT2D eigenvalue weighted by Gasteiger charge is 2.34. The maximum absolute atomic E-state index is 12.9. The minimum atomic E-state index is -0.630. The fourth-order valence-electron chi connectivity index (χ4n) is 3.88. The van der Waals surface area contributed by atoms with Crippen molar-refractivity contribution in [1.82, 2.24) is 20.4 Å². The van der Waals surface area contributed by atoms with Crippen molar-refractivity contribution in [3.63, 3.8) is 0 Å². The van der Waals surface area contributed by atoms with E-state index in [0.29, 0.717) is 18.0 Å². The van der Waals surface area contributed by atoms with Crippen LogP contribution in [0.15, 0.2) is 42.0 Å². The fourth-order valence-corrected chi connectivity index (χ4v) is 3.88. The quantitative estimate of drug-likeness (QED) is 0.431. The van der Waals surface area contributed by atoms with E-state index in [0.717, 1.165) is 25.9 Å². The summed E-state index contributed by atoms with van der Waals surface area (Å²) in [5, 5.41) is 5.60. The molecule has 0 bridgehead atoms. The van der Waals surface area contributed by atoms with Crippen molar-refractivity contribution in [3.05, 3.63) is 47.5 Å². The Bertz CT molecular complexity index is 869. The summed E-state index contributed by atoms with van der Waals surface area (Å²) in [5.74, 6) is 0.323. The van der Waals surface area contributed by atoms with E-state index in [9.17, 15) is 14.4 Å². The summed E-state index contributed by atoms with van der Waals surface area (Å²) in [6, 6.07) is 9.89. The number of carbonyl (C=O) groups excluding carboxylic acids is 3. The maximum atomic E-state index is 12.9. The second-order valence-electron chi connectivity index (χ2n) is 11.6. The Morgan fingerprint density at radius 2 is 1.56 bits per heavy atom. The molecule has 7 nitrogen and oxygen atoms in total. The third-order valence-electron chi connectivity index (χ3n) is 6.25. The Morgan fingerprint density at radius 3 is 2.00 bits per heavy atom. The van der Waals surface area contributed by atoms with Crippen LogP contribution in [0, 0.1) is 5.41 Å². The number of hydrogen-bond donors (Lipinski definition) is 2. The van der Waals surface area contributed by atoms with Gasteiger partial charge in [-0.05, 0) is 50.1 Å². The predicted molar refractivity (Wildman–Crippen MR) is 164 cm³/mol. The molecule has 39 heavy (non-hydrogen) atoms. The molecule has 2 N–H and O–H groups in total. The van der Waals surface area contributed by atoms with Gasteiger partial charge >= 0.3 is 0 Å². The molecule has 1 aromatic carbocycles. The van der Waals surface area contributed by atoms with Gasteiger partial charge in [-0.15, -0.1) is 0 Å². The normalized spacial score (nSPS) is 14.3. The number of hydrogen-bond acceptors (Lipinski definition) is 4. The first-order chi connectivity index (χ1) is 18.3. The van der Waals surface area contributed by atoms with Crippen LogP contribution in [-0.4, -0.2) is 73.8 Å². The second kappa shape index (κ2) is 19.4. The molecule has 1 heterocycles. The smallest absolute Gasteiger partial charge is 0.249 e. The van der Waals surface area contributed by atoms with Gasteiger partial charge in [0.05, 0.1) is 6.54 Å². The van der Waals surface area contributed by atoms with Crippen LogP contribution in [0.1, 0.15) is 92.6 Å².